The Bertz CT molecular complexity index is 2230. The molecule has 0 unspecified atom stereocenters. The summed E-state index contributed by atoms with van der Waals surface area (Å²) in [7, 11) is 0. The van der Waals surface area contributed by atoms with Gasteiger partial charge in [0.1, 0.15) is 5.01 Å². The number of fused-ring (bicyclic) bond motifs is 8. The number of para-hydroxylation sites is 1. The minimum absolute atomic E-state index is 1.08. The van der Waals surface area contributed by atoms with Crippen LogP contribution >= 0.6 is 11.3 Å². The van der Waals surface area contributed by atoms with Crippen LogP contribution in [0.3, 0.4) is 0 Å². The van der Waals surface area contributed by atoms with Crippen molar-refractivity contribution in [1.82, 2.24) is 9.55 Å². The maximum absolute atomic E-state index is 5.21. The molecule has 2 nitrogen and oxygen atoms in total. The van der Waals surface area contributed by atoms with Crippen molar-refractivity contribution >= 4 is 54.7 Å². The zero-order valence-corrected chi connectivity index (χ0v) is 21.2. The lowest BCUT2D eigenvalue weighted by molar-refractivity contribution is 1.19. The molecule has 0 saturated heterocycles. The van der Waals surface area contributed by atoms with Crippen molar-refractivity contribution in [3.63, 3.8) is 0 Å². The molecule has 1 aliphatic rings. The summed E-state index contributed by atoms with van der Waals surface area (Å²) >= 11 is 1.80. The van der Waals surface area contributed by atoms with Crippen LogP contribution in [-0.2, 0) is 0 Å². The predicted molar refractivity (Wildman–Crippen MR) is 161 cm³/mol. The SMILES string of the molecule is c1ccc(-c2nc3c(s2)-c2cccc4cc(-n5c6ccccc6c6ccc7ccccc7c65)cc-3c24)cc1. The van der Waals surface area contributed by atoms with Gasteiger partial charge in [-0.25, -0.2) is 4.98 Å². The molecule has 0 atom stereocenters. The normalized spacial score (nSPS) is 12.2. The van der Waals surface area contributed by atoms with E-state index in [1.807, 2.05) is 0 Å². The molecule has 0 amide bonds. The lowest BCUT2D eigenvalue weighted by Gasteiger charge is -2.13. The monoisotopic (exact) mass is 500 g/mol. The second kappa shape index (κ2) is 7.41. The van der Waals surface area contributed by atoms with Gasteiger partial charge in [-0.15, -0.1) is 11.3 Å². The third kappa shape index (κ3) is 2.64. The topological polar surface area (TPSA) is 17.8 Å². The Morgan fingerprint density at radius 3 is 2.29 bits per heavy atom. The van der Waals surface area contributed by atoms with E-state index >= 15 is 0 Å². The van der Waals surface area contributed by atoms with Crippen molar-refractivity contribution in [3.05, 3.63) is 121 Å². The molecule has 38 heavy (non-hydrogen) atoms. The van der Waals surface area contributed by atoms with Gasteiger partial charge in [0.25, 0.3) is 0 Å². The second-order valence-electron chi connectivity index (χ2n) is 10.00. The summed E-state index contributed by atoms with van der Waals surface area (Å²) in [6.07, 6.45) is 0. The van der Waals surface area contributed by atoms with Crippen molar-refractivity contribution in [3.8, 4) is 38.0 Å². The fourth-order valence-corrected chi connectivity index (χ4v) is 7.42. The number of nitrogens with zero attached hydrogens (tertiary/aromatic N) is 2. The van der Waals surface area contributed by atoms with Gasteiger partial charge in [0.2, 0.25) is 0 Å². The summed E-state index contributed by atoms with van der Waals surface area (Å²) in [4.78, 5) is 6.48. The molecule has 0 aliphatic heterocycles. The molecular weight excluding hydrogens is 480 g/mol. The first-order valence-electron chi connectivity index (χ1n) is 12.9. The van der Waals surface area contributed by atoms with Gasteiger partial charge in [-0.1, -0.05) is 103 Å². The molecule has 3 heteroatoms. The van der Waals surface area contributed by atoms with E-state index in [0.29, 0.717) is 0 Å². The van der Waals surface area contributed by atoms with Gasteiger partial charge >= 0.3 is 0 Å². The number of hydrogen-bond acceptors (Lipinski definition) is 2. The average Bonchev–Trinajstić information content (AvgIpc) is 3.65. The molecule has 6 aromatic carbocycles. The number of hydrogen-bond donors (Lipinski definition) is 0. The molecule has 0 fully saturated rings. The molecule has 0 radical (unpaired) electrons. The zero-order valence-electron chi connectivity index (χ0n) is 20.3. The van der Waals surface area contributed by atoms with Crippen LogP contribution in [-0.4, -0.2) is 9.55 Å². The van der Waals surface area contributed by atoms with Crippen LogP contribution in [0, 0.1) is 0 Å². The summed E-state index contributed by atoms with van der Waals surface area (Å²) in [6.45, 7) is 0. The van der Waals surface area contributed by atoms with Gasteiger partial charge in [-0.3, -0.25) is 0 Å². The Balaban J connectivity index is 1.39. The molecule has 1 aliphatic carbocycles. The fraction of sp³-hybridized carbons (Fsp3) is 0. The number of thiazole rings is 1. The molecule has 0 N–H and O–H groups in total. The molecule has 176 valence electrons. The first kappa shape index (κ1) is 20.3. The fourth-order valence-electron chi connectivity index (χ4n) is 6.30. The second-order valence-corrected chi connectivity index (χ2v) is 11.0. The Morgan fingerprint density at radius 2 is 1.37 bits per heavy atom. The molecule has 2 heterocycles. The van der Waals surface area contributed by atoms with E-state index in [1.165, 1.54) is 70.6 Å². The molecule has 0 bridgehead atoms. The number of aromatic nitrogens is 2. The highest BCUT2D eigenvalue weighted by Gasteiger charge is 2.27. The zero-order chi connectivity index (χ0) is 24.8. The van der Waals surface area contributed by atoms with E-state index in [2.05, 4.69) is 126 Å². The summed E-state index contributed by atoms with van der Waals surface area (Å²) in [5, 5.41) is 8.73. The van der Waals surface area contributed by atoms with E-state index in [0.717, 1.165) is 10.7 Å². The highest BCUT2D eigenvalue weighted by molar-refractivity contribution is 7.19. The summed E-state index contributed by atoms with van der Waals surface area (Å²) in [5.74, 6) is 0. The third-order valence-corrected chi connectivity index (χ3v) is 9.06. The smallest absolute Gasteiger partial charge is 0.124 e. The van der Waals surface area contributed by atoms with E-state index in [4.69, 9.17) is 4.98 Å². The lowest BCUT2D eigenvalue weighted by Crippen LogP contribution is -1.95. The van der Waals surface area contributed by atoms with Crippen molar-refractivity contribution in [1.29, 1.82) is 0 Å². The van der Waals surface area contributed by atoms with Gasteiger partial charge < -0.3 is 4.57 Å². The maximum atomic E-state index is 5.21. The van der Waals surface area contributed by atoms with Crippen molar-refractivity contribution in [2.45, 2.75) is 0 Å². The van der Waals surface area contributed by atoms with E-state index < -0.39 is 0 Å². The molecular formula is C35H20N2S. The van der Waals surface area contributed by atoms with Crippen LogP contribution in [0.2, 0.25) is 0 Å². The third-order valence-electron chi connectivity index (χ3n) is 7.93. The standard InChI is InChI=1S/C35H20N2S/c1-2-10-22(11-3-1)35-36-32-29-20-24(19-23-12-8-15-28(31(23)29)34(32)38-35)37-30-16-7-6-14-26(30)27-18-17-21-9-4-5-13-25(21)33(27)37/h1-20H. The van der Waals surface area contributed by atoms with Crippen LogP contribution < -0.4 is 0 Å². The Kier molecular flexibility index (Phi) is 3.96. The van der Waals surface area contributed by atoms with Crippen molar-refractivity contribution in [2.24, 2.45) is 0 Å². The highest BCUT2D eigenvalue weighted by atomic mass is 32.1. The van der Waals surface area contributed by atoms with Crippen LogP contribution in [0.5, 0.6) is 0 Å². The van der Waals surface area contributed by atoms with E-state index in [-0.39, 0.29) is 0 Å². The molecule has 8 aromatic rings. The van der Waals surface area contributed by atoms with Gasteiger partial charge in [0.15, 0.2) is 0 Å². The molecule has 0 saturated carbocycles. The quantitative estimate of drug-likeness (QED) is 0.231. The maximum Gasteiger partial charge on any atom is 0.124 e. The minimum Gasteiger partial charge on any atom is -0.309 e. The molecule has 2 aromatic heterocycles. The minimum atomic E-state index is 1.08. The first-order chi connectivity index (χ1) is 18.8. The van der Waals surface area contributed by atoms with Crippen molar-refractivity contribution in [2.75, 3.05) is 0 Å². The van der Waals surface area contributed by atoms with Crippen LogP contribution in [0.25, 0.3) is 81.3 Å². The Hall–Kier alpha value is -4.73. The Morgan fingerprint density at radius 1 is 0.579 bits per heavy atom. The highest BCUT2D eigenvalue weighted by Crippen LogP contribution is 2.52. The summed E-state index contributed by atoms with van der Waals surface area (Å²) < 4.78 is 2.46. The number of rotatable bonds is 2. The average molecular weight is 501 g/mol. The molecule has 0 spiro atoms. The van der Waals surface area contributed by atoms with E-state index in [1.54, 1.807) is 11.3 Å². The predicted octanol–water partition coefficient (Wildman–Crippen LogP) is 9.86. The van der Waals surface area contributed by atoms with Gasteiger partial charge in [0.05, 0.1) is 21.6 Å². The number of benzene rings is 6. The van der Waals surface area contributed by atoms with Crippen molar-refractivity contribution < 1.29 is 0 Å². The largest absolute Gasteiger partial charge is 0.309 e. The summed E-state index contributed by atoms with van der Waals surface area (Å²) in [5.41, 5.74) is 8.46. The first-order valence-corrected chi connectivity index (χ1v) is 13.7. The van der Waals surface area contributed by atoms with Crippen LogP contribution in [0.4, 0.5) is 0 Å². The van der Waals surface area contributed by atoms with E-state index in [9.17, 15) is 0 Å². The van der Waals surface area contributed by atoms with Gasteiger partial charge in [-0.05, 0) is 34.4 Å². The Labute approximate surface area is 223 Å². The lowest BCUT2D eigenvalue weighted by atomic mass is 10.0. The molecule has 9 rings (SSSR count). The van der Waals surface area contributed by atoms with Gasteiger partial charge in [-0.2, -0.15) is 0 Å². The van der Waals surface area contributed by atoms with Crippen LogP contribution in [0.15, 0.2) is 121 Å². The van der Waals surface area contributed by atoms with Gasteiger partial charge in [0, 0.05) is 38.5 Å². The van der Waals surface area contributed by atoms with Crippen LogP contribution in [0.1, 0.15) is 0 Å². The summed E-state index contributed by atoms with van der Waals surface area (Å²) in [6, 6.07) is 43.9.